The van der Waals surface area contributed by atoms with Crippen molar-refractivity contribution in [2.45, 2.75) is 12.8 Å². The van der Waals surface area contributed by atoms with Gasteiger partial charge in [0.15, 0.2) is 0 Å². The zero-order valence-electron chi connectivity index (χ0n) is 11.1. The summed E-state index contributed by atoms with van der Waals surface area (Å²) in [5.74, 6) is -0.228. The fourth-order valence-electron chi connectivity index (χ4n) is 1.84. The third-order valence-corrected chi connectivity index (χ3v) is 3.29. The number of benzene rings is 1. The second kappa shape index (κ2) is 6.52. The van der Waals surface area contributed by atoms with Crippen molar-refractivity contribution in [1.82, 2.24) is 9.78 Å². The molecule has 2 rings (SSSR count). The highest BCUT2D eigenvalue weighted by molar-refractivity contribution is 6.32. The molecule has 1 heterocycles. The molecule has 0 saturated heterocycles. The van der Waals surface area contributed by atoms with Crippen LogP contribution in [0.4, 0.5) is 10.1 Å². The van der Waals surface area contributed by atoms with Gasteiger partial charge < -0.3 is 5.32 Å². The number of aryl methyl sites for hydroxylation is 2. The van der Waals surface area contributed by atoms with Gasteiger partial charge in [-0.15, -0.1) is 0 Å². The molecule has 1 aromatic carbocycles. The first-order chi connectivity index (χ1) is 9.58. The minimum Gasteiger partial charge on any atom is -0.382 e. The third kappa shape index (κ3) is 3.57. The van der Waals surface area contributed by atoms with Crippen molar-refractivity contribution in [1.29, 1.82) is 0 Å². The molecule has 6 heteroatoms. The first-order valence-corrected chi connectivity index (χ1v) is 6.66. The number of nitrogens with zero attached hydrogens (tertiary/aromatic N) is 2. The van der Waals surface area contributed by atoms with Crippen LogP contribution >= 0.6 is 11.6 Å². The van der Waals surface area contributed by atoms with Crippen LogP contribution in [0.25, 0.3) is 0 Å². The fourth-order valence-corrected chi connectivity index (χ4v) is 2.08. The Hall–Kier alpha value is -1.88. The molecule has 20 heavy (non-hydrogen) atoms. The molecule has 0 aliphatic rings. The molecule has 0 bridgehead atoms. The highest BCUT2D eigenvalue weighted by Crippen LogP contribution is 2.15. The molecular weight excluding hydrogens is 281 g/mol. The van der Waals surface area contributed by atoms with Gasteiger partial charge in [-0.2, -0.15) is 5.10 Å². The van der Waals surface area contributed by atoms with E-state index in [1.807, 2.05) is 6.07 Å². The molecule has 0 atom stereocenters. The van der Waals surface area contributed by atoms with E-state index in [1.165, 1.54) is 23.0 Å². The predicted molar refractivity (Wildman–Crippen MR) is 77.7 cm³/mol. The van der Waals surface area contributed by atoms with Gasteiger partial charge >= 0.3 is 0 Å². The Morgan fingerprint density at radius 3 is 3.00 bits per heavy atom. The van der Waals surface area contributed by atoms with E-state index in [0.717, 1.165) is 18.4 Å². The van der Waals surface area contributed by atoms with E-state index in [9.17, 15) is 9.18 Å². The molecule has 0 amide bonds. The van der Waals surface area contributed by atoms with Gasteiger partial charge in [-0.1, -0.05) is 23.7 Å². The average Bonchev–Trinajstić information content (AvgIpc) is 2.43. The molecule has 1 aromatic heterocycles. The zero-order chi connectivity index (χ0) is 14.5. The van der Waals surface area contributed by atoms with Crippen molar-refractivity contribution in [2.24, 2.45) is 7.05 Å². The smallest absolute Gasteiger partial charge is 0.287 e. The topological polar surface area (TPSA) is 46.9 Å². The van der Waals surface area contributed by atoms with Crippen molar-refractivity contribution in [3.63, 3.8) is 0 Å². The number of aromatic nitrogens is 2. The van der Waals surface area contributed by atoms with Crippen molar-refractivity contribution >= 4 is 17.3 Å². The lowest BCUT2D eigenvalue weighted by Crippen LogP contribution is -2.21. The average molecular weight is 296 g/mol. The minimum atomic E-state index is -0.332. The Morgan fingerprint density at radius 1 is 1.45 bits per heavy atom. The summed E-state index contributed by atoms with van der Waals surface area (Å²) >= 11 is 5.93. The van der Waals surface area contributed by atoms with Crippen LogP contribution in [-0.2, 0) is 13.5 Å². The van der Waals surface area contributed by atoms with Gasteiger partial charge in [-0.3, -0.25) is 4.79 Å². The van der Waals surface area contributed by atoms with E-state index in [0.29, 0.717) is 12.2 Å². The Kier molecular flexibility index (Phi) is 4.74. The fraction of sp³-hybridized carbons (Fsp3) is 0.286. The first kappa shape index (κ1) is 14.5. The molecule has 1 N–H and O–H groups in total. The van der Waals surface area contributed by atoms with E-state index >= 15 is 0 Å². The summed E-state index contributed by atoms with van der Waals surface area (Å²) < 4.78 is 14.2. The lowest BCUT2D eigenvalue weighted by molar-refractivity contribution is 0.624. The molecule has 0 unspecified atom stereocenters. The molecule has 0 aliphatic carbocycles. The molecule has 2 aromatic rings. The van der Waals surface area contributed by atoms with Crippen LogP contribution < -0.4 is 10.9 Å². The summed E-state index contributed by atoms with van der Waals surface area (Å²) in [6.45, 7) is 0.630. The molecular formula is C14H15ClFN3O. The SMILES string of the molecule is Cn1ncc(NCCCc2cccc(F)c2)c(Cl)c1=O. The highest BCUT2D eigenvalue weighted by atomic mass is 35.5. The Balaban J connectivity index is 1.88. The molecule has 0 radical (unpaired) electrons. The molecule has 0 spiro atoms. The van der Waals surface area contributed by atoms with Gasteiger partial charge in [0, 0.05) is 13.6 Å². The summed E-state index contributed by atoms with van der Waals surface area (Å²) in [6.07, 6.45) is 3.07. The van der Waals surface area contributed by atoms with E-state index in [4.69, 9.17) is 11.6 Å². The lowest BCUT2D eigenvalue weighted by Gasteiger charge is -2.08. The second-order valence-corrected chi connectivity index (χ2v) is 4.84. The number of anilines is 1. The summed E-state index contributed by atoms with van der Waals surface area (Å²) in [6, 6.07) is 6.52. The summed E-state index contributed by atoms with van der Waals surface area (Å²) in [4.78, 5) is 11.6. The number of halogens is 2. The summed E-state index contributed by atoms with van der Waals surface area (Å²) in [5.41, 5.74) is 1.14. The van der Waals surface area contributed by atoms with Crippen LogP contribution in [0.1, 0.15) is 12.0 Å². The first-order valence-electron chi connectivity index (χ1n) is 6.28. The van der Waals surface area contributed by atoms with Crippen LogP contribution in [0, 0.1) is 5.82 Å². The molecule has 0 fully saturated rings. The Morgan fingerprint density at radius 2 is 2.25 bits per heavy atom. The van der Waals surface area contributed by atoms with E-state index in [1.54, 1.807) is 13.1 Å². The number of nitrogens with one attached hydrogen (secondary N) is 1. The third-order valence-electron chi connectivity index (χ3n) is 2.92. The maximum absolute atomic E-state index is 13.0. The highest BCUT2D eigenvalue weighted by Gasteiger charge is 2.06. The normalized spacial score (nSPS) is 10.6. The predicted octanol–water partition coefficient (Wildman–Crippen LogP) is 2.62. The van der Waals surface area contributed by atoms with E-state index in [2.05, 4.69) is 10.4 Å². The van der Waals surface area contributed by atoms with Gasteiger partial charge in [0.2, 0.25) is 0 Å². The zero-order valence-corrected chi connectivity index (χ0v) is 11.8. The summed E-state index contributed by atoms with van der Waals surface area (Å²) in [5, 5.41) is 7.09. The minimum absolute atomic E-state index is 0.133. The van der Waals surface area contributed by atoms with Crippen molar-refractivity contribution in [3.05, 3.63) is 57.2 Å². The van der Waals surface area contributed by atoms with Crippen LogP contribution in [0.5, 0.6) is 0 Å². The molecule has 106 valence electrons. The Bertz CT molecular complexity index is 657. The van der Waals surface area contributed by atoms with Gasteiger partial charge in [0.1, 0.15) is 10.8 Å². The van der Waals surface area contributed by atoms with Gasteiger partial charge in [-0.05, 0) is 30.5 Å². The maximum atomic E-state index is 13.0. The number of rotatable bonds is 5. The molecule has 0 saturated carbocycles. The van der Waals surface area contributed by atoms with Crippen LogP contribution in [0.15, 0.2) is 35.3 Å². The van der Waals surface area contributed by atoms with Crippen molar-refractivity contribution < 1.29 is 4.39 Å². The van der Waals surface area contributed by atoms with Crippen molar-refractivity contribution in [2.75, 3.05) is 11.9 Å². The molecule has 0 aliphatic heterocycles. The van der Waals surface area contributed by atoms with Gasteiger partial charge in [0.25, 0.3) is 5.56 Å². The van der Waals surface area contributed by atoms with Gasteiger partial charge in [0.05, 0.1) is 11.9 Å². The van der Waals surface area contributed by atoms with Crippen LogP contribution in [-0.4, -0.2) is 16.3 Å². The van der Waals surface area contributed by atoms with Crippen LogP contribution in [0.2, 0.25) is 5.02 Å². The summed E-state index contributed by atoms with van der Waals surface area (Å²) in [7, 11) is 1.54. The number of hydrogen-bond donors (Lipinski definition) is 1. The van der Waals surface area contributed by atoms with E-state index in [-0.39, 0.29) is 16.4 Å². The van der Waals surface area contributed by atoms with E-state index < -0.39 is 0 Å². The monoisotopic (exact) mass is 295 g/mol. The largest absolute Gasteiger partial charge is 0.382 e. The lowest BCUT2D eigenvalue weighted by atomic mass is 10.1. The molecule has 4 nitrogen and oxygen atoms in total. The van der Waals surface area contributed by atoms with Gasteiger partial charge in [-0.25, -0.2) is 9.07 Å². The Labute approximate surface area is 121 Å². The number of hydrogen-bond acceptors (Lipinski definition) is 3. The standard InChI is InChI=1S/C14H15ClFN3O/c1-19-14(20)13(15)12(9-18-19)17-7-3-5-10-4-2-6-11(16)8-10/h2,4,6,8-9,17H,3,5,7H2,1H3. The van der Waals surface area contributed by atoms with Crippen LogP contribution in [0.3, 0.4) is 0 Å². The maximum Gasteiger partial charge on any atom is 0.287 e. The quantitative estimate of drug-likeness (QED) is 0.863. The second-order valence-electron chi connectivity index (χ2n) is 4.46. The van der Waals surface area contributed by atoms with Crippen molar-refractivity contribution in [3.8, 4) is 0 Å².